The first-order valence-corrected chi connectivity index (χ1v) is 6.94. The van der Waals surface area contributed by atoms with Crippen LogP contribution in [-0.2, 0) is 0 Å². The molecule has 1 aromatic heterocycles. The summed E-state index contributed by atoms with van der Waals surface area (Å²) in [6, 6.07) is 5.03. The number of hydrogen-bond acceptors (Lipinski definition) is 5. The van der Waals surface area contributed by atoms with Gasteiger partial charge in [0.25, 0.3) is 0 Å². The molecule has 106 valence electrons. The lowest BCUT2D eigenvalue weighted by molar-refractivity contribution is -0.385. The predicted molar refractivity (Wildman–Crippen MR) is 75.3 cm³/mol. The van der Waals surface area contributed by atoms with Crippen molar-refractivity contribution in [3.8, 4) is 6.07 Å². The van der Waals surface area contributed by atoms with Crippen LogP contribution in [-0.4, -0.2) is 15.9 Å². The minimum Gasteiger partial charge on any atom is -0.367 e. The first-order valence-electron chi connectivity index (χ1n) is 6.94. The summed E-state index contributed by atoms with van der Waals surface area (Å²) in [7, 11) is 0. The number of nitriles is 1. The number of hydrogen-bond donors (Lipinski definition) is 1. The van der Waals surface area contributed by atoms with Gasteiger partial charge in [-0.3, -0.25) is 10.1 Å². The molecule has 6 nitrogen and oxygen atoms in total. The number of anilines is 1. The van der Waals surface area contributed by atoms with Gasteiger partial charge in [0.05, 0.1) is 4.92 Å². The fraction of sp³-hybridized carbons (Fsp3) is 0.571. The number of nitrogens with zero attached hydrogens (tertiary/aromatic N) is 3. The third kappa shape index (κ3) is 3.23. The molecule has 20 heavy (non-hydrogen) atoms. The van der Waals surface area contributed by atoms with Crippen molar-refractivity contribution < 1.29 is 4.92 Å². The number of nitrogens with one attached hydrogen (secondary N) is 1. The average Bonchev–Trinajstić information content (AvgIpc) is 2.64. The molecule has 2 unspecified atom stereocenters. The molecule has 1 N–H and O–H groups in total. The molecule has 1 heterocycles. The molecule has 2 rings (SSSR count). The summed E-state index contributed by atoms with van der Waals surface area (Å²) < 4.78 is 0. The highest BCUT2D eigenvalue weighted by Crippen LogP contribution is 2.26. The Bertz CT molecular complexity index is 538. The van der Waals surface area contributed by atoms with Crippen LogP contribution in [0, 0.1) is 27.4 Å². The van der Waals surface area contributed by atoms with E-state index >= 15 is 0 Å². The van der Waals surface area contributed by atoms with Crippen LogP contribution in [0.25, 0.3) is 0 Å². The van der Waals surface area contributed by atoms with Gasteiger partial charge in [0.15, 0.2) is 0 Å². The van der Waals surface area contributed by atoms with E-state index in [0.29, 0.717) is 17.8 Å². The van der Waals surface area contributed by atoms with Crippen LogP contribution in [0.2, 0.25) is 0 Å². The Balaban J connectivity index is 2.17. The lowest BCUT2D eigenvalue weighted by atomic mass is 9.97. The molecule has 2 atom stereocenters. The van der Waals surface area contributed by atoms with Crippen LogP contribution < -0.4 is 5.32 Å². The van der Waals surface area contributed by atoms with Gasteiger partial charge in [0, 0.05) is 12.1 Å². The van der Waals surface area contributed by atoms with Crippen LogP contribution in [0.5, 0.6) is 0 Å². The fourth-order valence-corrected chi connectivity index (χ4v) is 2.66. The topological polar surface area (TPSA) is 91.9 Å². The summed E-state index contributed by atoms with van der Waals surface area (Å²) >= 11 is 0. The maximum atomic E-state index is 10.8. The molecule has 1 aromatic rings. The zero-order valence-electron chi connectivity index (χ0n) is 11.5. The predicted octanol–water partition coefficient (Wildman–Crippen LogP) is 3.24. The molecule has 0 spiro atoms. The number of pyridine rings is 1. The normalized spacial score (nSPS) is 22.6. The summed E-state index contributed by atoms with van der Waals surface area (Å²) in [6.45, 7) is 2.21. The van der Waals surface area contributed by atoms with E-state index in [1.807, 2.05) is 0 Å². The van der Waals surface area contributed by atoms with Crippen molar-refractivity contribution in [3.05, 3.63) is 27.9 Å². The van der Waals surface area contributed by atoms with Gasteiger partial charge in [-0.15, -0.1) is 0 Å². The summed E-state index contributed by atoms with van der Waals surface area (Å²) in [5.41, 5.74) is -0.381. The van der Waals surface area contributed by atoms with Gasteiger partial charge in [-0.1, -0.05) is 26.2 Å². The van der Waals surface area contributed by atoms with Crippen molar-refractivity contribution in [2.45, 2.75) is 45.1 Å². The van der Waals surface area contributed by atoms with Gasteiger partial charge in [0.2, 0.25) is 5.69 Å². The monoisotopic (exact) mass is 274 g/mol. The molecule has 0 radical (unpaired) electrons. The average molecular weight is 274 g/mol. The van der Waals surface area contributed by atoms with Crippen LogP contribution in [0.4, 0.5) is 11.5 Å². The van der Waals surface area contributed by atoms with Crippen LogP contribution >= 0.6 is 0 Å². The van der Waals surface area contributed by atoms with E-state index in [1.54, 1.807) is 12.1 Å². The van der Waals surface area contributed by atoms with E-state index in [0.717, 1.165) is 6.42 Å². The van der Waals surface area contributed by atoms with Gasteiger partial charge in [-0.05, 0) is 24.8 Å². The molecular formula is C14H18N4O2. The van der Waals surface area contributed by atoms with Crippen molar-refractivity contribution in [2.75, 3.05) is 5.32 Å². The largest absolute Gasteiger partial charge is 0.367 e. The van der Waals surface area contributed by atoms with Gasteiger partial charge >= 0.3 is 5.69 Å². The molecule has 1 saturated carbocycles. The Morgan fingerprint density at radius 3 is 2.85 bits per heavy atom. The molecule has 0 aromatic carbocycles. The lowest BCUT2D eigenvalue weighted by Crippen LogP contribution is -2.26. The van der Waals surface area contributed by atoms with E-state index in [4.69, 9.17) is 5.26 Å². The van der Waals surface area contributed by atoms with Crippen LogP contribution in [0.1, 0.15) is 44.7 Å². The third-order valence-corrected chi connectivity index (χ3v) is 3.87. The van der Waals surface area contributed by atoms with Gasteiger partial charge in [-0.25, -0.2) is 4.98 Å². The van der Waals surface area contributed by atoms with Crippen LogP contribution in [0.3, 0.4) is 0 Å². The second kappa shape index (κ2) is 6.33. The van der Waals surface area contributed by atoms with E-state index in [2.05, 4.69) is 17.2 Å². The zero-order valence-corrected chi connectivity index (χ0v) is 11.5. The Kier molecular flexibility index (Phi) is 4.51. The zero-order chi connectivity index (χ0) is 14.5. The van der Waals surface area contributed by atoms with E-state index in [-0.39, 0.29) is 11.4 Å². The molecule has 0 bridgehead atoms. The minimum atomic E-state index is -0.580. The maximum Gasteiger partial charge on any atom is 0.305 e. The lowest BCUT2D eigenvalue weighted by Gasteiger charge is -2.23. The standard InChI is InChI=1S/C14H18N4O2/c1-10-5-3-2-4-6-11(10)16-14-8-7-13(18(19)20)12(9-15)17-14/h7-8,10-11H,2-6H2,1H3,(H,16,17). The molecule has 1 fully saturated rings. The Labute approximate surface area is 118 Å². The molecule has 0 amide bonds. The van der Waals surface area contributed by atoms with Crippen molar-refractivity contribution in [3.63, 3.8) is 0 Å². The minimum absolute atomic E-state index is 0.138. The quantitative estimate of drug-likeness (QED) is 0.519. The second-order valence-electron chi connectivity index (χ2n) is 5.30. The Morgan fingerprint density at radius 2 is 2.15 bits per heavy atom. The number of nitro groups is 1. The maximum absolute atomic E-state index is 10.8. The van der Waals surface area contributed by atoms with Crippen molar-refractivity contribution in [1.29, 1.82) is 5.26 Å². The molecule has 0 aliphatic heterocycles. The number of rotatable bonds is 3. The second-order valence-corrected chi connectivity index (χ2v) is 5.30. The fourth-order valence-electron chi connectivity index (χ4n) is 2.66. The van der Waals surface area contributed by atoms with Crippen molar-refractivity contribution >= 4 is 11.5 Å². The Morgan fingerprint density at radius 1 is 1.40 bits per heavy atom. The first-order chi connectivity index (χ1) is 9.61. The van der Waals surface area contributed by atoms with Crippen molar-refractivity contribution in [2.24, 2.45) is 5.92 Å². The molecule has 6 heteroatoms. The summed E-state index contributed by atoms with van der Waals surface area (Å²) in [4.78, 5) is 14.3. The summed E-state index contributed by atoms with van der Waals surface area (Å²) in [5, 5.41) is 23.1. The van der Waals surface area contributed by atoms with Gasteiger partial charge in [0.1, 0.15) is 11.9 Å². The highest BCUT2D eigenvalue weighted by Gasteiger charge is 2.21. The Hall–Kier alpha value is -2.16. The van der Waals surface area contributed by atoms with Crippen molar-refractivity contribution in [1.82, 2.24) is 4.98 Å². The SMILES string of the molecule is CC1CCCCCC1Nc1ccc([N+](=O)[O-])c(C#N)n1. The molecule has 1 aliphatic carbocycles. The summed E-state index contributed by atoms with van der Waals surface area (Å²) in [5.74, 6) is 1.09. The highest BCUT2D eigenvalue weighted by molar-refractivity contribution is 5.50. The van der Waals surface area contributed by atoms with E-state index in [1.165, 1.54) is 31.7 Å². The van der Waals surface area contributed by atoms with Gasteiger partial charge in [-0.2, -0.15) is 5.26 Å². The smallest absolute Gasteiger partial charge is 0.305 e. The van der Waals surface area contributed by atoms with E-state index < -0.39 is 4.92 Å². The summed E-state index contributed by atoms with van der Waals surface area (Å²) in [6.07, 6.45) is 5.92. The number of aromatic nitrogens is 1. The molecule has 1 aliphatic rings. The van der Waals surface area contributed by atoms with Crippen LogP contribution in [0.15, 0.2) is 12.1 Å². The molecule has 0 saturated heterocycles. The highest BCUT2D eigenvalue weighted by atomic mass is 16.6. The third-order valence-electron chi connectivity index (χ3n) is 3.87. The first kappa shape index (κ1) is 14.3. The molecular weight excluding hydrogens is 256 g/mol. The van der Waals surface area contributed by atoms with Gasteiger partial charge < -0.3 is 5.32 Å². The van der Waals surface area contributed by atoms with E-state index in [9.17, 15) is 10.1 Å².